The third kappa shape index (κ3) is 5.50. The summed E-state index contributed by atoms with van der Waals surface area (Å²) >= 11 is 6.92. The number of carbonyl (C=O) groups is 1. The minimum Gasteiger partial charge on any atom is -0.493 e. The number of esters is 1. The maximum absolute atomic E-state index is 13.3. The van der Waals surface area contributed by atoms with Crippen LogP contribution >= 0.6 is 31.9 Å². The molecule has 0 bridgehead atoms. The van der Waals surface area contributed by atoms with E-state index in [4.69, 9.17) is 19.2 Å². The second kappa shape index (κ2) is 11.1. The Morgan fingerprint density at radius 3 is 2.56 bits per heavy atom. The molecule has 0 amide bonds. The first kappa shape index (κ1) is 25.9. The summed E-state index contributed by atoms with van der Waals surface area (Å²) in [6.07, 6.45) is 1.54. The van der Waals surface area contributed by atoms with Gasteiger partial charge in [-0.3, -0.25) is 4.79 Å². The Kier molecular flexibility index (Phi) is 8.48. The van der Waals surface area contributed by atoms with Gasteiger partial charge in [0, 0.05) is 20.4 Å². The van der Waals surface area contributed by atoms with Crippen LogP contribution in [0.2, 0.25) is 0 Å². The number of hydrogen-bond donors (Lipinski definition) is 0. The summed E-state index contributed by atoms with van der Waals surface area (Å²) in [6.45, 7) is 5.63. The monoisotopic (exact) mass is 593 g/mol. The number of ether oxygens (including phenoxy) is 3. The van der Waals surface area contributed by atoms with Gasteiger partial charge in [-0.2, -0.15) is 9.78 Å². The lowest BCUT2D eigenvalue weighted by Crippen LogP contribution is -2.25. The first-order chi connectivity index (χ1) is 16.2. The lowest BCUT2D eigenvalue weighted by molar-refractivity contribution is -0.147. The van der Waals surface area contributed by atoms with Crippen molar-refractivity contribution in [1.82, 2.24) is 9.66 Å². The van der Waals surface area contributed by atoms with Gasteiger partial charge in [0.2, 0.25) is 0 Å². The zero-order valence-corrected chi connectivity index (χ0v) is 22.6. The fourth-order valence-corrected chi connectivity index (χ4v) is 3.99. The Labute approximate surface area is 214 Å². The van der Waals surface area contributed by atoms with Crippen LogP contribution in [0.1, 0.15) is 44.5 Å². The largest absolute Gasteiger partial charge is 0.493 e. The summed E-state index contributed by atoms with van der Waals surface area (Å²) in [7, 11) is 2.79. The lowest BCUT2D eigenvalue weighted by atomic mass is 10.1. The Hall–Kier alpha value is -2.72. The van der Waals surface area contributed by atoms with Crippen LogP contribution in [-0.4, -0.2) is 42.2 Å². The van der Waals surface area contributed by atoms with Gasteiger partial charge < -0.3 is 14.2 Å². The molecule has 8 nitrogen and oxygen atoms in total. The van der Waals surface area contributed by atoms with Crippen LogP contribution in [0.4, 0.5) is 0 Å². The SMILES string of the molecule is CC[C@H](C)c1nc2ccc(Br)cc2c(=O)n1N=Cc1cc(OC)c(O[C@H](C)C(=O)OC)cc1Br. The van der Waals surface area contributed by atoms with Gasteiger partial charge in [0.15, 0.2) is 17.6 Å². The summed E-state index contributed by atoms with van der Waals surface area (Å²) in [5.74, 6) is 0.853. The first-order valence-corrected chi connectivity index (χ1v) is 12.2. The summed E-state index contributed by atoms with van der Waals surface area (Å²) in [5.41, 5.74) is 1.01. The molecule has 3 rings (SSSR count). The molecule has 2 aromatic carbocycles. The average Bonchev–Trinajstić information content (AvgIpc) is 2.83. The highest BCUT2D eigenvalue weighted by Gasteiger charge is 2.19. The van der Waals surface area contributed by atoms with E-state index in [1.807, 2.05) is 26.0 Å². The smallest absolute Gasteiger partial charge is 0.346 e. The molecular weight excluding hydrogens is 570 g/mol. The van der Waals surface area contributed by atoms with E-state index >= 15 is 0 Å². The minimum absolute atomic E-state index is 0.0199. The molecule has 0 spiro atoms. The molecule has 0 unspecified atom stereocenters. The molecule has 1 aromatic heterocycles. The van der Waals surface area contributed by atoms with E-state index in [0.29, 0.717) is 38.3 Å². The van der Waals surface area contributed by atoms with Gasteiger partial charge in [-0.15, -0.1) is 0 Å². The Morgan fingerprint density at radius 2 is 1.91 bits per heavy atom. The predicted molar refractivity (Wildman–Crippen MR) is 138 cm³/mol. The Balaban J connectivity index is 2.08. The molecule has 0 aliphatic heterocycles. The molecule has 1 heterocycles. The van der Waals surface area contributed by atoms with Crippen LogP contribution in [0, 0.1) is 0 Å². The van der Waals surface area contributed by atoms with E-state index in [-0.39, 0.29) is 11.5 Å². The lowest BCUT2D eigenvalue weighted by Gasteiger charge is -2.16. The molecule has 10 heteroatoms. The molecule has 0 saturated heterocycles. The molecule has 34 heavy (non-hydrogen) atoms. The zero-order valence-electron chi connectivity index (χ0n) is 19.5. The van der Waals surface area contributed by atoms with Crippen LogP contribution in [0.5, 0.6) is 11.5 Å². The quantitative estimate of drug-likeness (QED) is 0.261. The number of fused-ring (bicyclic) bond motifs is 1. The molecule has 0 N–H and O–H groups in total. The standard InChI is InChI=1S/C24H25Br2N3O5/c1-6-13(2)22-28-19-8-7-16(25)10-17(19)23(30)29(22)27-12-15-9-20(32-4)21(11-18(15)26)34-14(3)24(31)33-5/h7-14H,6H2,1-5H3/t13-,14+/m0/s1. The Morgan fingerprint density at radius 1 is 1.18 bits per heavy atom. The van der Waals surface area contributed by atoms with E-state index in [1.165, 1.54) is 18.9 Å². The van der Waals surface area contributed by atoms with Crippen LogP contribution in [0.3, 0.4) is 0 Å². The van der Waals surface area contributed by atoms with E-state index in [2.05, 4.69) is 37.0 Å². The van der Waals surface area contributed by atoms with Gasteiger partial charge in [0.25, 0.3) is 5.56 Å². The third-order valence-corrected chi connectivity index (χ3v) is 6.50. The van der Waals surface area contributed by atoms with Crippen molar-refractivity contribution in [2.75, 3.05) is 14.2 Å². The van der Waals surface area contributed by atoms with Crippen molar-refractivity contribution in [3.05, 3.63) is 61.0 Å². The molecule has 0 fully saturated rings. The van der Waals surface area contributed by atoms with Gasteiger partial charge in [0.05, 0.1) is 31.3 Å². The summed E-state index contributed by atoms with van der Waals surface area (Å²) in [4.78, 5) is 29.7. The molecule has 0 radical (unpaired) electrons. The normalized spacial score (nSPS) is 13.1. The van der Waals surface area contributed by atoms with Gasteiger partial charge in [0.1, 0.15) is 5.82 Å². The summed E-state index contributed by atoms with van der Waals surface area (Å²) < 4.78 is 18.6. The number of nitrogens with zero attached hydrogens (tertiary/aromatic N) is 3. The highest BCUT2D eigenvalue weighted by molar-refractivity contribution is 9.10. The number of halogens is 2. The van der Waals surface area contributed by atoms with E-state index in [1.54, 1.807) is 31.3 Å². The molecule has 180 valence electrons. The van der Waals surface area contributed by atoms with Crippen LogP contribution in [-0.2, 0) is 9.53 Å². The van der Waals surface area contributed by atoms with Crippen LogP contribution in [0.25, 0.3) is 10.9 Å². The molecule has 0 aliphatic carbocycles. The molecule has 0 aliphatic rings. The van der Waals surface area contributed by atoms with Crippen molar-refractivity contribution in [1.29, 1.82) is 0 Å². The highest BCUT2D eigenvalue weighted by atomic mass is 79.9. The van der Waals surface area contributed by atoms with E-state index < -0.39 is 12.1 Å². The van der Waals surface area contributed by atoms with Crippen LogP contribution < -0.4 is 15.0 Å². The number of carbonyl (C=O) groups excluding carboxylic acids is 1. The van der Waals surface area contributed by atoms with Crippen molar-refractivity contribution < 1.29 is 19.0 Å². The number of aromatic nitrogens is 2. The fourth-order valence-electron chi connectivity index (χ4n) is 3.20. The van der Waals surface area contributed by atoms with Crippen molar-refractivity contribution in [3.8, 4) is 11.5 Å². The highest BCUT2D eigenvalue weighted by Crippen LogP contribution is 2.34. The zero-order chi connectivity index (χ0) is 25.0. The van der Waals surface area contributed by atoms with Crippen molar-refractivity contribution in [2.24, 2.45) is 5.10 Å². The molecular formula is C24H25Br2N3O5. The molecule has 3 aromatic rings. The van der Waals surface area contributed by atoms with Gasteiger partial charge in [-0.05, 0) is 59.6 Å². The maximum atomic E-state index is 13.3. The third-order valence-electron chi connectivity index (χ3n) is 5.32. The molecule has 2 atom stereocenters. The van der Waals surface area contributed by atoms with Gasteiger partial charge in [-0.25, -0.2) is 9.78 Å². The Bertz CT molecular complexity index is 1310. The van der Waals surface area contributed by atoms with Crippen molar-refractivity contribution in [3.63, 3.8) is 0 Å². The second-order valence-corrected chi connectivity index (χ2v) is 9.38. The van der Waals surface area contributed by atoms with E-state index in [0.717, 1.165) is 10.9 Å². The summed E-state index contributed by atoms with van der Waals surface area (Å²) in [6, 6.07) is 8.79. The van der Waals surface area contributed by atoms with E-state index in [9.17, 15) is 9.59 Å². The van der Waals surface area contributed by atoms with Crippen LogP contribution in [0.15, 0.2) is 49.2 Å². The van der Waals surface area contributed by atoms with Gasteiger partial charge in [-0.1, -0.05) is 29.8 Å². The second-order valence-electron chi connectivity index (χ2n) is 7.61. The average molecular weight is 595 g/mol. The number of rotatable bonds is 8. The van der Waals surface area contributed by atoms with Crippen molar-refractivity contribution in [2.45, 2.75) is 39.2 Å². The number of benzene rings is 2. The minimum atomic E-state index is -0.815. The predicted octanol–water partition coefficient (Wildman–Crippen LogP) is 5.27. The molecule has 0 saturated carbocycles. The number of methoxy groups -OCH3 is 2. The summed E-state index contributed by atoms with van der Waals surface area (Å²) in [5, 5.41) is 4.96. The fraction of sp³-hybridized carbons (Fsp3) is 0.333. The first-order valence-electron chi connectivity index (χ1n) is 10.6. The maximum Gasteiger partial charge on any atom is 0.346 e. The van der Waals surface area contributed by atoms with Crippen molar-refractivity contribution >= 4 is 54.9 Å². The van der Waals surface area contributed by atoms with Gasteiger partial charge >= 0.3 is 5.97 Å². The number of hydrogen-bond acceptors (Lipinski definition) is 7. The topological polar surface area (TPSA) is 92.0 Å².